The monoisotopic (exact) mass is 376 g/mol. The molecule has 0 N–H and O–H groups in total. The Balaban J connectivity index is 1.37. The first kappa shape index (κ1) is 16.7. The summed E-state index contributed by atoms with van der Waals surface area (Å²) in [7, 11) is 1.87. The van der Waals surface area contributed by atoms with Crippen LogP contribution in [0.5, 0.6) is 0 Å². The number of nitrogens with zero attached hydrogens (tertiary/aromatic N) is 8. The van der Waals surface area contributed by atoms with Crippen LogP contribution in [-0.2, 0) is 7.05 Å². The first-order valence-corrected chi connectivity index (χ1v) is 9.34. The fourth-order valence-electron chi connectivity index (χ4n) is 3.76. The maximum Gasteiger partial charge on any atom is 0.275 e. The number of rotatable bonds is 2. The summed E-state index contributed by atoms with van der Waals surface area (Å²) >= 11 is 0. The van der Waals surface area contributed by atoms with Crippen molar-refractivity contribution in [3.8, 4) is 0 Å². The normalized spacial score (nSPS) is 15.3. The van der Waals surface area contributed by atoms with Crippen molar-refractivity contribution in [3.63, 3.8) is 0 Å². The molecular weight excluding hydrogens is 356 g/mol. The number of fused-ring (bicyclic) bond motifs is 2. The number of hydrogen-bond donors (Lipinski definition) is 0. The van der Waals surface area contributed by atoms with Crippen LogP contribution >= 0.6 is 0 Å². The van der Waals surface area contributed by atoms with Gasteiger partial charge in [-0.1, -0.05) is 18.2 Å². The van der Waals surface area contributed by atoms with Crippen LogP contribution in [0.3, 0.4) is 0 Å². The fraction of sp³-hybridized carbons (Fsp3) is 0.316. The predicted octanol–water partition coefficient (Wildman–Crippen LogP) is 1.36. The summed E-state index contributed by atoms with van der Waals surface area (Å²) in [4.78, 5) is 17.3. The van der Waals surface area contributed by atoms with Gasteiger partial charge in [0.1, 0.15) is 12.1 Å². The third-order valence-corrected chi connectivity index (χ3v) is 5.22. The Hall–Kier alpha value is -3.49. The molecule has 0 atom stereocenters. The average Bonchev–Trinajstić information content (AvgIpc) is 3.23. The Labute approximate surface area is 161 Å². The largest absolute Gasteiger partial charge is 0.353 e. The van der Waals surface area contributed by atoms with Gasteiger partial charge < -0.3 is 9.80 Å². The third kappa shape index (κ3) is 2.75. The van der Waals surface area contributed by atoms with Gasteiger partial charge in [0.15, 0.2) is 11.3 Å². The van der Waals surface area contributed by atoms with Crippen molar-refractivity contribution < 1.29 is 4.79 Å². The average molecular weight is 376 g/mol. The van der Waals surface area contributed by atoms with E-state index in [1.54, 1.807) is 15.5 Å². The van der Waals surface area contributed by atoms with Crippen LogP contribution in [0, 0.1) is 0 Å². The number of benzene rings is 1. The predicted molar refractivity (Wildman–Crippen MR) is 104 cm³/mol. The number of carbonyl (C=O) groups is 1. The molecule has 5 rings (SSSR count). The highest BCUT2D eigenvalue weighted by Gasteiger charge is 2.25. The van der Waals surface area contributed by atoms with Crippen molar-refractivity contribution in [2.75, 3.05) is 31.1 Å². The minimum atomic E-state index is -0.0131. The number of hydrogen-bond acceptors (Lipinski definition) is 6. The standard InChI is InChI=1S/C19H20N8O/c1-24-15-6-3-2-5-14(15)18(23-24)19(28)26-10-4-9-25(11-12-26)17-8-7-16-21-20-13-27(16)22-17/h2-3,5-8,13H,4,9-12H2,1H3. The molecule has 3 aromatic heterocycles. The van der Waals surface area contributed by atoms with Crippen LogP contribution in [0.2, 0.25) is 0 Å². The third-order valence-electron chi connectivity index (χ3n) is 5.22. The topological polar surface area (TPSA) is 84.5 Å². The van der Waals surface area contributed by atoms with Crippen molar-refractivity contribution in [3.05, 3.63) is 48.4 Å². The summed E-state index contributed by atoms with van der Waals surface area (Å²) < 4.78 is 3.44. The number of amides is 1. The minimum absolute atomic E-state index is 0.0131. The zero-order valence-electron chi connectivity index (χ0n) is 15.6. The zero-order chi connectivity index (χ0) is 19.1. The number of aromatic nitrogens is 6. The van der Waals surface area contributed by atoms with Gasteiger partial charge >= 0.3 is 0 Å². The Morgan fingerprint density at radius 3 is 2.82 bits per heavy atom. The molecule has 0 saturated carbocycles. The molecule has 1 amide bonds. The quantitative estimate of drug-likeness (QED) is 0.525. The van der Waals surface area contributed by atoms with Gasteiger partial charge in [-0.3, -0.25) is 9.48 Å². The molecule has 0 bridgehead atoms. The van der Waals surface area contributed by atoms with Gasteiger partial charge in [-0.2, -0.15) is 9.61 Å². The van der Waals surface area contributed by atoms with E-state index in [0.29, 0.717) is 18.8 Å². The first-order chi connectivity index (χ1) is 13.7. The van der Waals surface area contributed by atoms with E-state index in [1.165, 1.54) is 0 Å². The lowest BCUT2D eigenvalue weighted by atomic mass is 10.2. The number of aryl methyl sites for hydroxylation is 1. The summed E-state index contributed by atoms with van der Waals surface area (Å²) in [6.07, 6.45) is 2.47. The van der Waals surface area contributed by atoms with E-state index in [2.05, 4.69) is 25.3 Å². The maximum absolute atomic E-state index is 13.2. The summed E-state index contributed by atoms with van der Waals surface area (Å²) in [5.41, 5.74) is 2.21. The highest BCUT2D eigenvalue weighted by Crippen LogP contribution is 2.20. The van der Waals surface area contributed by atoms with E-state index >= 15 is 0 Å². The number of para-hydroxylation sites is 1. The highest BCUT2D eigenvalue weighted by molar-refractivity contribution is 6.04. The molecule has 28 heavy (non-hydrogen) atoms. The van der Waals surface area contributed by atoms with E-state index in [1.807, 2.05) is 48.3 Å². The SMILES string of the molecule is Cn1nc(C(=O)N2CCCN(c3ccc4nncn4n3)CC2)c2ccccc21. The van der Waals surface area contributed by atoms with Crippen molar-refractivity contribution in [2.24, 2.45) is 7.05 Å². The van der Waals surface area contributed by atoms with Crippen LogP contribution in [0.15, 0.2) is 42.7 Å². The Morgan fingerprint density at radius 1 is 1.00 bits per heavy atom. The van der Waals surface area contributed by atoms with E-state index in [0.717, 1.165) is 41.9 Å². The van der Waals surface area contributed by atoms with Crippen LogP contribution < -0.4 is 4.90 Å². The molecular formula is C19H20N8O. The first-order valence-electron chi connectivity index (χ1n) is 9.34. The minimum Gasteiger partial charge on any atom is -0.353 e. The zero-order valence-corrected chi connectivity index (χ0v) is 15.6. The maximum atomic E-state index is 13.2. The summed E-state index contributed by atoms with van der Waals surface area (Å²) in [6.45, 7) is 2.89. The van der Waals surface area contributed by atoms with Gasteiger partial charge in [0.2, 0.25) is 0 Å². The fourth-order valence-corrected chi connectivity index (χ4v) is 3.76. The Bertz CT molecular complexity index is 1160. The Morgan fingerprint density at radius 2 is 1.89 bits per heavy atom. The molecule has 4 aromatic rings. The van der Waals surface area contributed by atoms with Crippen molar-refractivity contribution in [1.82, 2.24) is 34.5 Å². The molecule has 1 aromatic carbocycles. The second kappa shape index (κ2) is 6.59. The van der Waals surface area contributed by atoms with Crippen LogP contribution in [0.4, 0.5) is 5.82 Å². The van der Waals surface area contributed by atoms with E-state index in [-0.39, 0.29) is 5.91 Å². The molecule has 142 valence electrons. The molecule has 4 heterocycles. The van der Waals surface area contributed by atoms with Crippen LogP contribution in [-0.4, -0.2) is 66.6 Å². The van der Waals surface area contributed by atoms with Gasteiger partial charge in [-0.25, -0.2) is 0 Å². The second-order valence-corrected chi connectivity index (χ2v) is 6.95. The van der Waals surface area contributed by atoms with Gasteiger partial charge in [0.05, 0.1) is 5.52 Å². The molecule has 0 radical (unpaired) electrons. The van der Waals surface area contributed by atoms with E-state index in [9.17, 15) is 4.79 Å². The molecule has 1 aliphatic heterocycles. The van der Waals surface area contributed by atoms with Crippen molar-refractivity contribution in [1.29, 1.82) is 0 Å². The summed E-state index contributed by atoms with van der Waals surface area (Å²) in [6, 6.07) is 11.7. The highest BCUT2D eigenvalue weighted by atomic mass is 16.2. The number of carbonyl (C=O) groups excluding carboxylic acids is 1. The molecule has 0 aliphatic carbocycles. The summed E-state index contributed by atoms with van der Waals surface area (Å²) in [5.74, 6) is 0.853. The van der Waals surface area contributed by atoms with Gasteiger partial charge in [0.25, 0.3) is 5.91 Å². The smallest absolute Gasteiger partial charge is 0.275 e. The van der Waals surface area contributed by atoms with Crippen LogP contribution in [0.1, 0.15) is 16.9 Å². The van der Waals surface area contributed by atoms with Gasteiger partial charge in [0, 0.05) is 38.6 Å². The van der Waals surface area contributed by atoms with E-state index < -0.39 is 0 Å². The molecule has 9 nitrogen and oxygen atoms in total. The summed E-state index contributed by atoms with van der Waals surface area (Å²) in [5, 5.41) is 17.8. The van der Waals surface area contributed by atoms with E-state index in [4.69, 9.17) is 0 Å². The Kier molecular flexibility index (Phi) is 3.92. The molecule has 1 saturated heterocycles. The van der Waals surface area contributed by atoms with Crippen LogP contribution in [0.25, 0.3) is 16.6 Å². The molecule has 0 spiro atoms. The van der Waals surface area contributed by atoms with Crippen molar-refractivity contribution >= 4 is 28.3 Å². The van der Waals surface area contributed by atoms with Crippen molar-refractivity contribution in [2.45, 2.75) is 6.42 Å². The number of anilines is 1. The molecule has 1 fully saturated rings. The lowest BCUT2D eigenvalue weighted by Crippen LogP contribution is -2.35. The molecule has 1 aliphatic rings. The lowest BCUT2D eigenvalue weighted by molar-refractivity contribution is 0.0762. The second-order valence-electron chi connectivity index (χ2n) is 6.95. The lowest BCUT2D eigenvalue weighted by Gasteiger charge is -2.22. The van der Waals surface area contributed by atoms with Gasteiger partial charge in [-0.15, -0.1) is 15.3 Å². The molecule has 9 heteroatoms. The molecule has 0 unspecified atom stereocenters. The van der Waals surface area contributed by atoms with Gasteiger partial charge in [-0.05, 0) is 24.6 Å².